The van der Waals surface area contributed by atoms with Gasteiger partial charge >= 0.3 is 6.03 Å². The summed E-state index contributed by atoms with van der Waals surface area (Å²) in [4.78, 5) is 13.6. The number of nitrogens with one attached hydrogen (secondary N) is 1. The lowest BCUT2D eigenvalue weighted by molar-refractivity contribution is 0.0532. The highest BCUT2D eigenvalue weighted by Crippen LogP contribution is 2.18. The second-order valence-electron chi connectivity index (χ2n) is 5.09. The average Bonchev–Trinajstić information content (AvgIpc) is 3.05. The zero-order chi connectivity index (χ0) is 16.1. The lowest BCUT2D eigenvalue weighted by atomic mass is 10.2. The lowest BCUT2D eigenvalue weighted by Gasteiger charge is -2.26. The van der Waals surface area contributed by atoms with Gasteiger partial charge in [-0.1, -0.05) is 0 Å². The fraction of sp³-hybridized carbons (Fsp3) is 0.400. The smallest absolute Gasteiger partial charge is 0.317 e. The largest absolute Gasteiger partial charge is 0.421 e. The van der Waals surface area contributed by atoms with E-state index in [0.717, 1.165) is 0 Å². The van der Waals surface area contributed by atoms with E-state index >= 15 is 0 Å². The molecule has 0 bridgehead atoms. The number of rotatable bonds is 4. The van der Waals surface area contributed by atoms with E-state index in [9.17, 15) is 9.18 Å². The van der Waals surface area contributed by atoms with Crippen LogP contribution in [0.1, 0.15) is 5.89 Å². The molecule has 2 amide bonds. The van der Waals surface area contributed by atoms with Crippen molar-refractivity contribution in [2.24, 2.45) is 0 Å². The lowest BCUT2D eigenvalue weighted by Crippen LogP contribution is -2.46. The Morgan fingerprint density at radius 1 is 1.22 bits per heavy atom. The highest BCUT2D eigenvalue weighted by Gasteiger charge is 2.16. The maximum Gasteiger partial charge on any atom is 0.317 e. The summed E-state index contributed by atoms with van der Waals surface area (Å²) in [6.45, 7) is 2.74. The van der Waals surface area contributed by atoms with Gasteiger partial charge in [-0.3, -0.25) is 0 Å². The highest BCUT2D eigenvalue weighted by atomic mass is 19.1. The van der Waals surface area contributed by atoms with Crippen molar-refractivity contribution < 1.29 is 18.3 Å². The van der Waals surface area contributed by atoms with E-state index in [2.05, 4.69) is 15.5 Å². The number of ether oxygens (including phenoxy) is 1. The van der Waals surface area contributed by atoms with Crippen LogP contribution < -0.4 is 5.32 Å². The first-order valence-corrected chi connectivity index (χ1v) is 7.41. The van der Waals surface area contributed by atoms with Gasteiger partial charge in [-0.2, -0.15) is 0 Å². The Morgan fingerprint density at radius 3 is 2.70 bits per heavy atom. The monoisotopic (exact) mass is 320 g/mol. The van der Waals surface area contributed by atoms with Crippen LogP contribution in [-0.4, -0.2) is 54.0 Å². The molecular weight excluding hydrogens is 303 g/mol. The highest BCUT2D eigenvalue weighted by molar-refractivity contribution is 5.74. The van der Waals surface area contributed by atoms with Crippen molar-refractivity contribution in [2.45, 2.75) is 6.42 Å². The molecule has 0 unspecified atom stereocenters. The Kier molecular flexibility index (Phi) is 4.82. The molecule has 1 aromatic heterocycles. The van der Waals surface area contributed by atoms with Gasteiger partial charge in [-0.15, -0.1) is 10.2 Å². The Labute approximate surface area is 132 Å². The summed E-state index contributed by atoms with van der Waals surface area (Å²) in [5.74, 6) is 0.436. The first kappa shape index (κ1) is 15.4. The molecule has 0 saturated carbocycles. The Morgan fingerprint density at radius 2 is 1.96 bits per heavy atom. The van der Waals surface area contributed by atoms with E-state index in [1.165, 1.54) is 12.1 Å². The molecule has 0 spiro atoms. The number of urea groups is 1. The molecule has 0 aliphatic carbocycles. The maximum atomic E-state index is 12.9. The fourth-order valence-electron chi connectivity index (χ4n) is 2.22. The molecule has 1 aromatic carbocycles. The molecule has 0 atom stereocenters. The number of benzene rings is 1. The van der Waals surface area contributed by atoms with Gasteiger partial charge < -0.3 is 19.4 Å². The molecule has 1 fully saturated rings. The second-order valence-corrected chi connectivity index (χ2v) is 5.09. The molecule has 7 nitrogen and oxygen atoms in total. The van der Waals surface area contributed by atoms with Crippen LogP contribution in [0.4, 0.5) is 9.18 Å². The molecular formula is C15H17FN4O3. The van der Waals surface area contributed by atoms with Gasteiger partial charge in [-0.25, -0.2) is 9.18 Å². The molecule has 8 heteroatoms. The van der Waals surface area contributed by atoms with Gasteiger partial charge in [0.05, 0.1) is 13.2 Å². The number of aromatic nitrogens is 2. The zero-order valence-corrected chi connectivity index (χ0v) is 12.5. The van der Waals surface area contributed by atoms with Crippen molar-refractivity contribution in [1.82, 2.24) is 20.4 Å². The number of hydrogen-bond donors (Lipinski definition) is 1. The van der Waals surface area contributed by atoms with Crippen LogP contribution in [0.5, 0.6) is 0 Å². The predicted octanol–water partition coefficient (Wildman–Crippen LogP) is 1.46. The molecule has 1 N–H and O–H groups in total. The first-order valence-electron chi connectivity index (χ1n) is 7.41. The van der Waals surface area contributed by atoms with E-state index < -0.39 is 0 Å². The van der Waals surface area contributed by atoms with Crippen molar-refractivity contribution in [3.8, 4) is 11.5 Å². The van der Waals surface area contributed by atoms with Gasteiger partial charge in [0, 0.05) is 31.6 Å². The Balaban J connectivity index is 1.49. The molecule has 23 heavy (non-hydrogen) atoms. The van der Waals surface area contributed by atoms with E-state index in [-0.39, 0.29) is 11.8 Å². The van der Waals surface area contributed by atoms with Crippen LogP contribution in [0.25, 0.3) is 11.5 Å². The van der Waals surface area contributed by atoms with Crippen LogP contribution in [-0.2, 0) is 11.2 Å². The minimum absolute atomic E-state index is 0.119. The van der Waals surface area contributed by atoms with Gasteiger partial charge in [0.2, 0.25) is 11.8 Å². The summed E-state index contributed by atoms with van der Waals surface area (Å²) >= 11 is 0. The van der Waals surface area contributed by atoms with Crippen molar-refractivity contribution >= 4 is 6.03 Å². The van der Waals surface area contributed by atoms with E-state index in [1.54, 1.807) is 17.0 Å². The molecule has 1 aliphatic heterocycles. The number of halogens is 1. The number of carbonyl (C=O) groups is 1. The molecule has 1 aliphatic rings. The molecule has 1 saturated heterocycles. The predicted molar refractivity (Wildman–Crippen MR) is 79.2 cm³/mol. The second kappa shape index (κ2) is 7.19. The SMILES string of the molecule is O=C(NCCc1nnc(-c2ccc(F)cc2)o1)N1CCOCC1. The summed E-state index contributed by atoms with van der Waals surface area (Å²) in [5.41, 5.74) is 0.655. The molecule has 0 radical (unpaired) electrons. The number of hydrogen-bond acceptors (Lipinski definition) is 5. The molecule has 122 valence electrons. The summed E-state index contributed by atoms with van der Waals surface area (Å²) in [6, 6.07) is 5.70. The van der Waals surface area contributed by atoms with E-state index in [4.69, 9.17) is 9.15 Å². The minimum Gasteiger partial charge on any atom is -0.421 e. The average molecular weight is 320 g/mol. The Hall–Kier alpha value is -2.48. The van der Waals surface area contributed by atoms with Gasteiger partial charge in [-0.05, 0) is 24.3 Å². The van der Waals surface area contributed by atoms with Crippen molar-refractivity contribution in [3.05, 3.63) is 36.0 Å². The third-order valence-electron chi connectivity index (χ3n) is 3.47. The van der Waals surface area contributed by atoms with Gasteiger partial charge in [0.15, 0.2) is 0 Å². The summed E-state index contributed by atoms with van der Waals surface area (Å²) < 4.78 is 23.6. The molecule has 2 heterocycles. The minimum atomic E-state index is -0.320. The van der Waals surface area contributed by atoms with E-state index in [0.29, 0.717) is 56.6 Å². The van der Waals surface area contributed by atoms with Gasteiger partial charge in [0.1, 0.15) is 5.82 Å². The van der Waals surface area contributed by atoms with E-state index in [1.807, 2.05) is 0 Å². The number of amides is 2. The molecule has 3 rings (SSSR count). The number of carbonyl (C=O) groups excluding carboxylic acids is 1. The quantitative estimate of drug-likeness (QED) is 0.922. The standard InChI is InChI=1S/C15H17FN4O3/c16-12-3-1-11(2-4-12)14-19-18-13(23-14)5-6-17-15(21)20-7-9-22-10-8-20/h1-4H,5-10H2,(H,17,21). The number of morpholine rings is 1. The van der Waals surface area contributed by atoms with Crippen molar-refractivity contribution in [3.63, 3.8) is 0 Å². The van der Waals surface area contributed by atoms with Crippen LogP contribution in [0.3, 0.4) is 0 Å². The third kappa shape index (κ3) is 4.04. The normalized spacial score (nSPS) is 14.7. The van der Waals surface area contributed by atoms with Crippen molar-refractivity contribution in [1.29, 1.82) is 0 Å². The summed E-state index contributed by atoms with van der Waals surface area (Å²) in [7, 11) is 0. The third-order valence-corrected chi connectivity index (χ3v) is 3.47. The first-order chi connectivity index (χ1) is 11.2. The maximum absolute atomic E-state index is 12.9. The van der Waals surface area contributed by atoms with Crippen LogP contribution >= 0.6 is 0 Å². The zero-order valence-electron chi connectivity index (χ0n) is 12.5. The van der Waals surface area contributed by atoms with Crippen molar-refractivity contribution in [2.75, 3.05) is 32.8 Å². The summed E-state index contributed by atoms with van der Waals surface area (Å²) in [5, 5.41) is 10.7. The Bertz CT molecular complexity index is 653. The summed E-state index contributed by atoms with van der Waals surface area (Å²) in [6.07, 6.45) is 0.435. The fourth-order valence-corrected chi connectivity index (χ4v) is 2.22. The van der Waals surface area contributed by atoms with Crippen LogP contribution in [0, 0.1) is 5.82 Å². The van der Waals surface area contributed by atoms with Crippen LogP contribution in [0.2, 0.25) is 0 Å². The van der Waals surface area contributed by atoms with Crippen LogP contribution in [0.15, 0.2) is 28.7 Å². The topological polar surface area (TPSA) is 80.5 Å². The molecule has 2 aromatic rings. The van der Waals surface area contributed by atoms with Gasteiger partial charge in [0.25, 0.3) is 0 Å². The number of nitrogens with zero attached hydrogens (tertiary/aromatic N) is 3.